The van der Waals surface area contributed by atoms with Gasteiger partial charge in [-0.05, 0) is 85.6 Å². The minimum Gasteiger partial charge on any atom is -0.338 e. The van der Waals surface area contributed by atoms with E-state index in [4.69, 9.17) is 0 Å². The fourth-order valence-electron chi connectivity index (χ4n) is 5.68. The third-order valence-corrected chi connectivity index (χ3v) is 8.22. The van der Waals surface area contributed by atoms with E-state index in [0.717, 1.165) is 108 Å². The molecule has 0 aliphatic carbocycles. The summed E-state index contributed by atoms with van der Waals surface area (Å²) in [5.41, 5.74) is 7.47. The molecule has 0 saturated carbocycles. The summed E-state index contributed by atoms with van der Waals surface area (Å²) in [5, 5.41) is 6.01. The molecule has 2 aromatic heterocycles. The van der Waals surface area contributed by atoms with Crippen molar-refractivity contribution in [3.8, 4) is 22.8 Å². The van der Waals surface area contributed by atoms with Crippen LogP contribution in [0.5, 0.6) is 0 Å². The Balaban J connectivity index is 0.789. The highest BCUT2D eigenvalue weighted by Gasteiger charge is 2.08. The van der Waals surface area contributed by atoms with Gasteiger partial charge in [-0.1, -0.05) is 62.8 Å². The molecule has 0 bridgehead atoms. The zero-order chi connectivity index (χ0) is 31.6. The molecule has 0 saturated heterocycles. The highest BCUT2D eigenvalue weighted by atomic mass is 16.2. The van der Waals surface area contributed by atoms with Gasteiger partial charge in [0.25, 0.3) is 0 Å². The van der Waals surface area contributed by atoms with Crippen LogP contribution < -0.4 is 10.6 Å². The maximum Gasteiger partial charge on any atom is 0.224 e. The van der Waals surface area contributed by atoms with Gasteiger partial charge in [0.05, 0.1) is 22.1 Å². The number of hydrogen-bond acceptors (Lipinski definition) is 4. The third-order valence-electron chi connectivity index (χ3n) is 8.22. The number of carbonyl (C=O) groups is 2. The monoisotopic (exact) mass is 612 g/mol. The van der Waals surface area contributed by atoms with Crippen molar-refractivity contribution in [1.82, 2.24) is 19.9 Å². The molecular weight excluding hydrogens is 572 g/mol. The zero-order valence-electron chi connectivity index (χ0n) is 26.0. The van der Waals surface area contributed by atoms with E-state index in [2.05, 4.69) is 30.6 Å². The van der Waals surface area contributed by atoms with Crippen LogP contribution in [0.1, 0.15) is 64.2 Å². The number of aromatic nitrogens is 4. The van der Waals surface area contributed by atoms with Crippen molar-refractivity contribution >= 4 is 45.3 Å². The molecule has 0 fully saturated rings. The molecule has 46 heavy (non-hydrogen) atoms. The Morgan fingerprint density at radius 2 is 0.848 bits per heavy atom. The van der Waals surface area contributed by atoms with Crippen molar-refractivity contribution < 1.29 is 9.59 Å². The largest absolute Gasteiger partial charge is 0.338 e. The maximum absolute atomic E-state index is 12.4. The number of nitrogens with zero attached hydrogens (tertiary/aromatic N) is 2. The van der Waals surface area contributed by atoms with Gasteiger partial charge in [0.15, 0.2) is 0 Å². The first-order valence-corrected chi connectivity index (χ1v) is 16.3. The predicted octanol–water partition coefficient (Wildman–Crippen LogP) is 9.25. The first-order valence-electron chi connectivity index (χ1n) is 16.3. The number of carbonyl (C=O) groups excluding carboxylic acids is 2. The minimum absolute atomic E-state index is 0.0527. The highest BCUT2D eigenvalue weighted by molar-refractivity contribution is 5.91. The molecule has 8 heteroatoms. The number of rotatable bonds is 15. The Morgan fingerprint density at radius 1 is 0.478 bits per heavy atom. The number of fused-ring (bicyclic) bond motifs is 2. The van der Waals surface area contributed by atoms with E-state index in [9.17, 15) is 9.59 Å². The first-order chi connectivity index (χ1) is 22.6. The SMILES string of the molecule is O=C(CCCCCCCCCCC(=O)Nc1ccc(-c2nc3ccccc3[nH]2)cc1)Nc1ccc(-c2nc3ccccc3[nH]2)cc1. The van der Waals surface area contributed by atoms with Gasteiger partial charge in [-0.15, -0.1) is 0 Å². The summed E-state index contributed by atoms with van der Waals surface area (Å²) in [4.78, 5) is 40.7. The number of unbranched alkanes of at least 4 members (excludes halogenated alkanes) is 7. The van der Waals surface area contributed by atoms with Gasteiger partial charge in [-0.2, -0.15) is 0 Å². The molecular formula is C38H40N6O2. The minimum atomic E-state index is 0.0527. The van der Waals surface area contributed by atoms with Crippen LogP contribution in [0, 0.1) is 0 Å². The van der Waals surface area contributed by atoms with Gasteiger partial charge in [-0.25, -0.2) is 9.97 Å². The van der Waals surface area contributed by atoms with Gasteiger partial charge < -0.3 is 20.6 Å². The summed E-state index contributed by atoms with van der Waals surface area (Å²) in [6.07, 6.45) is 9.53. The Hall–Kier alpha value is -5.24. The average molecular weight is 613 g/mol. The molecule has 6 rings (SSSR count). The van der Waals surface area contributed by atoms with Crippen LogP contribution in [0.4, 0.5) is 11.4 Å². The van der Waals surface area contributed by atoms with E-state index >= 15 is 0 Å². The molecule has 0 aliphatic rings. The molecule has 8 nitrogen and oxygen atoms in total. The van der Waals surface area contributed by atoms with Gasteiger partial charge in [0.2, 0.25) is 11.8 Å². The second kappa shape index (κ2) is 15.2. The third kappa shape index (κ3) is 8.27. The quantitative estimate of drug-likeness (QED) is 0.0865. The molecule has 0 aliphatic heterocycles. The lowest BCUT2D eigenvalue weighted by molar-refractivity contribution is -0.117. The van der Waals surface area contributed by atoms with E-state index in [0.29, 0.717) is 12.8 Å². The van der Waals surface area contributed by atoms with Crippen molar-refractivity contribution in [2.75, 3.05) is 10.6 Å². The molecule has 4 aromatic carbocycles. The summed E-state index contributed by atoms with van der Waals surface area (Å²) in [7, 11) is 0. The van der Waals surface area contributed by atoms with Crippen molar-refractivity contribution in [2.24, 2.45) is 0 Å². The standard InChI is InChI=1S/C38H40N6O2/c45-35(39-29-23-19-27(20-24-29)37-41-31-13-9-10-14-32(31)42-37)17-7-5-3-1-2-4-6-8-18-36(46)40-30-25-21-28(22-26-30)38-43-33-15-11-12-16-34(33)44-38/h9-16,19-26H,1-8,17-18H2,(H,39,45)(H,40,46)(H,41,42)(H,43,44). The summed E-state index contributed by atoms with van der Waals surface area (Å²) in [5.74, 6) is 1.75. The summed E-state index contributed by atoms with van der Waals surface area (Å²) < 4.78 is 0. The number of H-pyrrole nitrogens is 2. The van der Waals surface area contributed by atoms with Gasteiger partial charge in [0, 0.05) is 35.3 Å². The van der Waals surface area contributed by atoms with E-state index in [-0.39, 0.29) is 11.8 Å². The molecule has 0 spiro atoms. The maximum atomic E-state index is 12.4. The molecule has 6 aromatic rings. The van der Waals surface area contributed by atoms with Crippen LogP contribution in [0.15, 0.2) is 97.1 Å². The molecule has 0 radical (unpaired) electrons. The van der Waals surface area contributed by atoms with Crippen molar-refractivity contribution in [1.29, 1.82) is 0 Å². The first kappa shape index (κ1) is 30.8. The number of imidazole rings is 2. The predicted molar refractivity (Wildman–Crippen MR) is 186 cm³/mol. The molecule has 4 N–H and O–H groups in total. The van der Waals surface area contributed by atoms with Crippen LogP contribution in [0.3, 0.4) is 0 Å². The Bertz CT molecular complexity index is 1680. The van der Waals surface area contributed by atoms with Gasteiger partial charge in [0.1, 0.15) is 11.6 Å². The Kier molecular flexibility index (Phi) is 10.1. The number of aromatic amines is 2. The Labute approximate surface area is 269 Å². The van der Waals surface area contributed by atoms with Gasteiger partial charge >= 0.3 is 0 Å². The normalized spacial score (nSPS) is 11.2. The summed E-state index contributed by atoms with van der Waals surface area (Å²) in [6, 6.07) is 31.5. The lowest BCUT2D eigenvalue weighted by Crippen LogP contribution is -2.11. The van der Waals surface area contributed by atoms with Crippen LogP contribution in [-0.4, -0.2) is 31.8 Å². The number of benzene rings is 4. The number of amides is 2. The average Bonchev–Trinajstić information content (AvgIpc) is 3.71. The number of para-hydroxylation sites is 4. The van der Waals surface area contributed by atoms with Crippen LogP contribution in [0.2, 0.25) is 0 Å². The lowest BCUT2D eigenvalue weighted by atomic mass is 10.1. The van der Waals surface area contributed by atoms with E-state index in [1.807, 2.05) is 97.1 Å². The topological polar surface area (TPSA) is 116 Å². The lowest BCUT2D eigenvalue weighted by Gasteiger charge is -2.07. The van der Waals surface area contributed by atoms with Crippen molar-refractivity contribution in [3.63, 3.8) is 0 Å². The fraction of sp³-hybridized carbons (Fsp3) is 0.263. The van der Waals surface area contributed by atoms with Crippen LogP contribution in [-0.2, 0) is 9.59 Å². The van der Waals surface area contributed by atoms with Crippen LogP contribution >= 0.6 is 0 Å². The Morgan fingerprint density at radius 3 is 1.24 bits per heavy atom. The molecule has 0 unspecified atom stereocenters. The second-order valence-electron chi connectivity index (χ2n) is 11.8. The fourth-order valence-corrected chi connectivity index (χ4v) is 5.68. The molecule has 2 amide bonds. The molecule has 234 valence electrons. The van der Waals surface area contributed by atoms with Crippen molar-refractivity contribution in [3.05, 3.63) is 97.1 Å². The van der Waals surface area contributed by atoms with E-state index in [1.54, 1.807) is 0 Å². The summed E-state index contributed by atoms with van der Waals surface area (Å²) in [6.45, 7) is 0. The van der Waals surface area contributed by atoms with E-state index in [1.165, 1.54) is 0 Å². The van der Waals surface area contributed by atoms with Crippen molar-refractivity contribution in [2.45, 2.75) is 64.2 Å². The van der Waals surface area contributed by atoms with E-state index < -0.39 is 0 Å². The smallest absolute Gasteiger partial charge is 0.224 e. The number of anilines is 2. The highest BCUT2D eigenvalue weighted by Crippen LogP contribution is 2.24. The number of hydrogen-bond donors (Lipinski definition) is 4. The van der Waals surface area contributed by atoms with Gasteiger partial charge in [-0.3, -0.25) is 9.59 Å². The molecule has 2 heterocycles. The van der Waals surface area contributed by atoms with Crippen LogP contribution in [0.25, 0.3) is 44.8 Å². The second-order valence-corrected chi connectivity index (χ2v) is 11.8. The zero-order valence-corrected chi connectivity index (χ0v) is 26.0. The molecule has 0 atom stereocenters. The number of nitrogens with one attached hydrogen (secondary N) is 4. The summed E-state index contributed by atoms with van der Waals surface area (Å²) >= 11 is 0.